The van der Waals surface area contributed by atoms with Crippen molar-refractivity contribution in [1.82, 2.24) is 0 Å². The smallest absolute Gasteiger partial charge is 0.320 e. The van der Waals surface area contributed by atoms with Crippen LogP contribution in [0.4, 0.5) is 0 Å². The van der Waals surface area contributed by atoms with Gasteiger partial charge in [0.15, 0.2) is 5.92 Å². The summed E-state index contributed by atoms with van der Waals surface area (Å²) in [6.07, 6.45) is -0.255. The first-order valence-electron chi connectivity index (χ1n) is 5.73. The third kappa shape index (κ3) is 4.87. The van der Waals surface area contributed by atoms with Crippen LogP contribution < -0.4 is 0 Å². The molecule has 114 valence electrons. The summed E-state index contributed by atoms with van der Waals surface area (Å²) in [5.41, 5.74) is 0. The number of carbonyl (C=O) groups is 4. The summed E-state index contributed by atoms with van der Waals surface area (Å²) < 4.78 is 17.9. The highest BCUT2D eigenvalue weighted by Crippen LogP contribution is 2.23. The second-order valence-corrected chi connectivity index (χ2v) is 3.77. The third-order valence-corrected chi connectivity index (χ3v) is 2.70. The largest absolute Gasteiger partial charge is 0.469 e. The molecule has 0 N–H and O–H groups in total. The van der Waals surface area contributed by atoms with E-state index in [-0.39, 0.29) is 12.8 Å². The van der Waals surface area contributed by atoms with Crippen molar-refractivity contribution >= 4 is 23.9 Å². The lowest BCUT2D eigenvalue weighted by molar-refractivity contribution is -0.169. The maximum atomic E-state index is 11.7. The van der Waals surface area contributed by atoms with Crippen molar-refractivity contribution in [2.75, 3.05) is 28.4 Å². The first-order chi connectivity index (χ1) is 9.42. The maximum Gasteiger partial charge on any atom is 0.320 e. The summed E-state index contributed by atoms with van der Waals surface area (Å²) in [7, 11) is 4.45. The molecule has 0 aliphatic rings. The number of ether oxygens (including phenoxy) is 4. The van der Waals surface area contributed by atoms with Crippen molar-refractivity contribution in [1.29, 1.82) is 0 Å². The first kappa shape index (κ1) is 17.9. The van der Waals surface area contributed by atoms with Gasteiger partial charge in [-0.1, -0.05) is 0 Å². The van der Waals surface area contributed by atoms with Gasteiger partial charge in [-0.25, -0.2) is 0 Å². The molecule has 0 saturated carbocycles. The van der Waals surface area contributed by atoms with Gasteiger partial charge in [-0.15, -0.1) is 0 Å². The Morgan fingerprint density at radius 1 is 0.750 bits per heavy atom. The summed E-state index contributed by atoms with van der Waals surface area (Å²) in [5.74, 6) is -5.92. The quantitative estimate of drug-likeness (QED) is 0.357. The summed E-state index contributed by atoms with van der Waals surface area (Å²) in [6.45, 7) is 0. The molecule has 0 rings (SSSR count). The molecule has 0 amide bonds. The first-order valence-corrected chi connectivity index (χ1v) is 5.73. The van der Waals surface area contributed by atoms with Crippen molar-refractivity contribution in [2.24, 2.45) is 11.8 Å². The van der Waals surface area contributed by atoms with Crippen LogP contribution in [0.5, 0.6) is 0 Å². The van der Waals surface area contributed by atoms with Crippen LogP contribution in [0.3, 0.4) is 0 Å². The third-order valence-electron chi connectivity index (χ3n) is 2.70. The Morgan fingerprint density at radius 2 is 1.20 bits per heavy atom. The summed E-state index contributed by atoms with van der Waals surface area (Å²) in [5, 5.41) is 0. The van der Waals surface area contributed by atoms with E-state index in [4.69, 9.17) is 0 Å². The molecule has 0 fully saturated rings. The van der Waals surface area contributed by atoms with Gasteiger partial charge >= 0.3 is 23.9 Å². The van der Waals surface area contributed by atoms with Crippen molar-refractivity contribution in [3.63, 3.8) is 0 Å². The zero-order valence-corrected chi connectivity index (χ0v) is 11.8. The minimum Gasteiger partial charge on any atom is -0.469 e. The van der Waals surface area contributed by atoms with E-state index in [0.29, 0.717) is 0 Å². The van der Waals surface area contributed by atoms with Crippen LogP contribution in [0.15, 0.2) is 0 Å². The molecule has 0 aromatic heterocycles. The van der Waals surface area contributed by atoms with Gasteiger partial charge in [0.25, 0.3) is 0 Å². The van der Waals surface area contributed by atoms with Gasteiger partial charge in [0, 0.05) is 6.42 Å². The summed E-state index contributed by atoms with van der Waals surface area (Å²) in [4.78, 5) is 46.1. The monoisotopic (exact) mass is 290 g/mol. The van der Waals surface area contributed by atoms with Crippen LogP contribution in [0.1, 0.15) is 12.8 Å². The van der Waals surface area contributed by atoms with Crippen molar-refractivity contribution in [2.45, 2.75) is 12.8 Å². The Balaban J connectivity index is 5.20. The van der Waals surface area contributed by atoms with Gasteiger partial charge in [-0.2, -0.15) is 0 Å². The molecule has 8 heteroatoms. The predicted octanol–water partition coefficient (Wildman–Crippen LogP) is -0.309. The van der Waals surface area contributed by atoms with Gasteiger partial charge in [0.2, 0.25) is 0 Å². The van der Waals surface area contributed by atoms with E-state index < -0.39 is 35.7 Å². The molecule has 20 heavy (non-hydrogen) atoms. The Kier molecular flexibility index (Phi) is 7.95. The molecule has 1 unspecified atom stereocenters. The van der Waals surface area contributed by atoms with E-state index in [1.807, 2.05) is 0 Å². The Labute approximate surface area is 116 Å². The molecular weight excluding hydrogens is 272 g/mol. The van der Waals surface area contributed by atoms with Crippen molar-refractivity contribution in [3.05, 3.63) is 0 Å². The van der Waals surface area contributed by atoms with Crippen LogP contribution in [-0.2, 0) is 38.1 Å². The van der Waals surface area contributed by atoms with Gasteiger partial charge in [0.1, 0.15) is 0 Å². The number of carbonyl (C=O) groups excluding carboxylic acids is 4. The predicted molar refractivity (Wildman–Crippen MR) is 64.3 cm³/mol. The molecular formula is C12H18O8. The Bertz CT molecular complexity index is 360. The molecule has 1 atom stereocenters. The Morgan fingerprint density at radius 3 is 1.55 bits per heavy atom. The molecule has 0 spiro atoms. The van der Waals surface area contributed by atoms with Gasteiger partial charge in [-0.3, -0.25) is 19.2 Å². The lowest BCUT2D eigenvalue weighted by Gasteiger charge is -2.20. The fraction of sp³-hybridized carbons (Fsp3) is 0.667. The SMILES string of the molecule is COC(=O)CCC(C(=O)OC)C(C(=O)OC)C(=O)OC. The van der Waals surface area contributed by atoms with Crippen LogP contribution in [0.25, 0.3) is 0 Å². The number of hydrogen-bond donors (Lipinski definition) is 0. The molecule has 0 aliphatic carbocycles. The normalized spacial score (nSPS) is 11.4. The average Bonchev–Trinajstić information content (AvgIpc) is 2.48. The lowest BCUT2D eigenvalue weighted by atomic mass is 9.88. The molecule has 0 aromatic carbocycles. The summed E-state index contributed by atoms with van der Waals surface area (Å²) >= 11 is 0. The van der Waals surface area contributed by atoms with Gasteiger partial charge in [-0.05, 0) is 6.42 Å². The van der Waals surface area contributed by atoms with Crippen LogP contribution in [0.2, 0.25) is 0 Å². The molecule has 0 radical (unpaired) electrons. The van der Waals surface area contributed by atoms with E-state index in [2.05, 4.69) is 18.9 Å². The summed E-state index contributed by atoms with van der Waals surface area (Å²) in [6, 6.07) is 0. The van der Waals surface area contributed by atoms with E-state index in [0.717, 1.165) is 21.3 Å². The van der Waals surface area contributed by atoms with Crippen molar-refractivity contribution in [3.8, 4) is 0 Å². The molecule has 0 saturated heterocycles. The number of methoxy groups -OCH3 is 4. The second kappa shape index (κ2) is 8.89. The van der Waals surface area contributed by atoms with Crippen LogP contribution in [-0.4, -0.2) is 52.3 Å². The molecule has 0 aromatic rings. The highest BCUT2D eigenvalue weighted by molar-refractivity contribution is 5.99. The average molecular weight is 290 g/mol. The van der Waals surface area contributed by atoms with Gasteiger partial charge < -0.3 is 18.9 Å². The number of esters is 4. The van der Waals surface area contributed by atoms with Crippen LogP contribution >= 0.6 is 0 Å². The van der Waals surface area contributed by atoms with E-state index in [1.165, 1.54) is 7.11 Å². The minimum atomic E-state index is -1.48. The fourth-order valence-electron chi connectivity index (χ4n) is 1.63. The van der Waals surface area contributed by atoms with E-state index >= 15 is 0 Å². The van der Waals surface area contributed by atoms with E-state index in [1.54, 1.807) is 0 Å². The van der Waals surface area contributed by atoms with Gasteiger partial charge in [0.05, 0.1) is 34.4 Å². The maximum absolute atomic E-state index is 11.7. The topological polar surface area (TPSA) is 105 Å². The Hall–Kier alpha value is -2.12. The molecule has 0 heterocycles. The standard InChI is InChI=1S/C12H18O8/c1-17-8(13)6-5-7(10(14)18-2)9(11(15)19-3)12(16)20-4/h7,9H,5-6H2,1-4H3. The zero-order chi connectivity index (χ0) is 15.7. The minimum absolute atomic E-state index is 0.103. The zero-order valence-electron chi connectivity index (χ0n) is 11.8. The molecule has 0 bridgehead atoms. The second-order valence-electron chi connectivity index (χ2n) is 3.77. The van der Waals surface area contributed by atoms with Crippen LogP contribution in [0, 0.1) is 11.8 Å². The molecule has 0 aliphatic heterocycles. The fourth-order valence-corrected chi connectivity index (χ4v) is 1.63. The van der Waals surface area contributed by atoms with Crippen molar-refractivity contribution < 1.29 is 38.1 Å². The lowest BCUT2D eigenvalue weighted by Crippen LogP contribution is -2.38. The molecule has 8 nitrogen and oxygen atoms in total. The highest BCUT2D eigenvalue weighted by atomic mass is 16.5. The highest BCUT2D eigenvalue weighted by Gasteiger charge is 2.41. The number of rotatable bonds is 7. The van der Waals surface area contributed by atoms with E-state index in [9.17, 15) is 19.2 Å². The number of hydrogen-bond acceptors (Lipinski definition) is 8.